The summed E-state index contributed by atoms with van der Waals surface area (Å²) in [6.45, 7) is 1.25. The number of ether oxygens (including phenoxy) is 1. The first-order valence-electron chi connectivity index (χ1n) is 7.17. The van der Waals surface area contributed by atoms with E-state index in [9.17, 15) is 14.3 Å². The van der Waals surface area contributed by atoms with Gasteiger partial charge in [-0.2, -0.15) is 0 Å². The van der Waals surface area contributed by atoms with Crippen molar-refractivity contribution >= 4 is 50.3 Å². The van der Waals surface area contributed by atoms with Crippen LogP contribution in [0, 0.1) is 5.82 Å². The molecule has 1 aromatic carbocycles. The monoisotopic (exact) mass is 416 g/mol. The van der Waals surface area contributed by atoms with Gasteiger partial charge < -0.3 is 19.6 Å². The maximum absolute atomic E-state index is 14.5. The lowest BCUT2D eigenvalue weighted by molar-refractivity contribution is 0.127. The topological polar surface area (TPSA) is 78.8 Å². The quantitative estimate of drug-likeness (QED) is 0.664. The molecule has 2 aliphatic rings. The van der Waals surface area contributed by atoms with E-state index in [-0.39, 0.29) is 34.2 Å². The summed E-state index contributed by atoms with van der Waals surface area (Å²) >= 11 is 9.37. The Morgan fingerprint density at radius 2 is 2.25 bits per heavy atom. The molecule has 0 bridgehead atoms. The van der Waals surface area contributed by atoms with E-state index in [1.165, 1.54) is 11.2 Å². The van der Waals surface area contributed by atoms with Crippen LogP contribution in [0.4, 0.5) is 15.0 Å². The third-order valence-corrected chi connectivity index (χ3v) is 5.63. The number of hydrogen-bond acceptors (Lipinski definition) is 5. The van der Waals surface area contributed by atoms with Crippen molar-refractivity contribution in [2.45, 2.75) is 6.04 Å². The van der Waals surface area contributed by atoms with E-state index in [1.54, 1.807) is 0 Å². The van der Waals surface area contributed by atoms with Gasteiger partial charge in [0.25, 0.3) is 0 Å². The van der Waals surface area contributed by atoms with Crippen LogP contribution in [0.5, 0.6) is 5.75 Å². The molecule has 24 heavy (non-hydrogen) atoms. The van der Waals surface area contributed by atoms with Crippen LogP contribution in [0.1, 0.15) is 0 Å². The van der Waals surface area contributed by atoms with Crippen LogP contribution in [0.25, 0.3) is 10.9 Å². The number of fused-ring (bicyclic) bond motifs is 2. The number of hydrogen-bond donors (Lipinski definition) is 1. The summed E-state index contributed by atoms with van der Waals surface area (Å²) in [6, 6.07) is -0.238. The molecule has 3 heterocycles. The molecule has 0 radical (unpaired) electrons. The summed E-state index contributed by atoms with van der Waals surface area (Å²) in [4.78, 5) is 22.8. The minimum Gasteiger partial charge on any atom is -0.489 e. The lowest BCUT2D eigenvalue weighted by Crippen LogP contribution is -2.56. The molecular weight excluding hydrogens is 407 g/mol. The maximum atomic E-state index is 14.5. The van der Waals surface area contributed by atoms with Gasteiger partial charge >= 0.3 is 6.09 Å². The molecule has 2 aliphatic heterocycles. The number of aromatic nitrogens is 2. The first-order chi connectivity index (χ1) is 11.5. The molecule has 0 aliphatic carbocycles. The number of carbonyl (C=O) groups is 1. The van der Waals surface area contributed by atoms with Crippen molar-refractivity contribution in [1.29, 1.82) is 0 Å². The van der Waals surface area contributed by atoms with Crippen molar-refractivity contribution in [1.82, 2.24) is 14.9 Å². The Morgan fingerprint density at radius 3 is 3.00 bits per heavy atom. The van der Waals surface area contributed by atoms with Gasteiger partial charge in [0.05, 0.1) is 15.9 Å². The van der Waals surface area contributed by atoms with Crippen LogP contribution >= 0.6 is 27.5 Å². The molecule has 7 nitrogen and oxygen atoms in total. The fourth-order valence-corrected chi connectivity index (χ4v) is 3.74. The largest absolute Gasteiger partial charge is 0.489 e. The summed E-state index contributed by atoms with van der Waals surface area (Å²) in [5.74, 6) is 0.247. The van der Waals surface area contributed by atoms with Crippen LogP contribution in [0.2, 0.25) is 5.02 Å². The van der Waals surface area contributed by atoms with Crippen molar-refractivity contribution in [3.63, 3.8) is 0 Å². The maximum Gasteiger partial charge on any atom is 0.407 e. The predicted molar refractivity (Wildman–Crippen MR) is 88.4 cm³/mol. The molecule has 1 amide bonds. The fraction of sp³-hybridized carbons (Fsp3) is 0.357. The van der Waals surface area contributed by atoms with Gasteiger partial charge in [0, 0.05) is 19.6 Å². The lowest BCUT2D eigenvalue weighted by atomic mass is 10.1. The normalized spacial score (nSPS) is 19.7. The average molecular weight is 418 g/mol. The van der Waals surface area contributed by atoms with Crippen LogP contribution in [-0.4, -0.2) is 58.4 Å². The van der Waals surface area contributed by atoms with Gasteiger partial charge in [-0.3, -0.25) is 0 Å². The number of halogens is 3. The summed E-state index contributed by atoms with van der Waals surface area (Å²) in [7, 11) is 0. The van der Waals surface area contributed by atoms with E-state index in [0.717, 1.165) is 0 Å². The molecule has 126 valence electrons. The SMILES string of the molecule is O=C(O)N1CCN2c3ncnc4c(F)c(Br)c(Cl)c(c34)OC[C@@H]2C1. The Bertz CT molecular complexity index is 868. The van der Waals surface area contributed by atoms with Crippen LogP contribution in [0.15, 0.2) is 10.8 Å². The summed E-state index contributed by atoms with van der Waals surface area (Å²) in [5.41, 5.74) is 0.118. The van der Waals surface area contributed by atoms with Gasteiger partial charge in [0.15, 0.2) is 11.6 Å². The van der Waals surface area contributed by atoms with Crippen molar-refractivity contribution in [3.05, 3.63) is 21.6 Å². The van der Waals surface area contributed by atoms with Crippen molar-refractivity contribution < 1.29 is 19.0 Å². The highest BCUT2D eigenvalue weighted by Crippen LogP contribution is 2.45. The number of carboxylic acid groups (broad SMARTS) is 1. The number of piperazine rings is 1. The van der Waals surface area contributed by atoms with E-state index in [1.807, 2.05) is 4.90 Å². The average Bonchev–Trinajstić information content (AvgIpc) is 2.75. The highest BCUT2D eigenvalue weighted by Gasteiger charge is 2.36. The molecule has 0 spiro atoms. The number of rotatable bonds is 0. The lowest BCUT2D eigenvalue weighted by Gasteiger charge is -2.39. The Morgan fingerprint density at radius 1 is 1.46 bits per heavy atom. The molecule has 1 aromatic heterocycles. The smallest absolute Gasteiger partial charge is 0.407 e. The first kappa shape index (κ1) is 15.6. The summed E-state index contributed by atoms with van der Waals surface area (Å²) in [5, 5.41) is 9.73. The van der Waals surface area contributed by atoms with Gasteiger partial charge in [-0.15, -0.1) is 0 Å². The Labute approximate surface area is 149 Å². The first-order valence-corrected chi connectivity index (χ1v) is 8.34. The third kappa shape index (κ3) is 2.18. The van der Waals surface area contributed by atoms with E-state index in [2.05, 4.69) is 25.9 Å². The number of nitrogens with zero attached hydrogens (tertiary/aromatic N) is 4. The second-order valence-electron chi connectivity index (χ2n) is 5.58. The molecule has 1 atom stereocenters. The highest BCUT2D eigenvalue weighted by atomic mass is 79.9. The fourth-order valence-electron chi connectivity index (χ4n) is 3.14. The van der Waals surface area contributed by atoms with E-state index in [0.29, 0.717) is 30.0 Å². The highest BCUT2D eigenvalue weighted by molar-refractivity contribution is 9.10. The molecular formula is C14H11BrClFN4O3. The second kappa shape index (κ2) is 5.59. The van der Waals surface area contributed by atoms with E-state index in [4.69, 9.17) is 16.3 Å². The standard InChI is InChI=1S/C14H11BrClFN4O3/c15-8-9(16)12-7-11(10(8)17)18-5-19-13(7)21-2-1-20(14(22)23)3-6(21)4-24-12/h5-6H,1-4H2,(H,22,23)/t6-/m0/s1. The Hall–Kier alpha value is -1.87. The minimum atomic E-state index is -0.976. The number of amides is 1. The molecule has 1 fully saturated rings. The van der Waals surface area contributed by atoms with Gasteiger partial charge in [-0.05, 0) is 15.9 Å². The van der Waals surface area contributed by atoms with Crippen molar-refractivity contribution in [2.75, 3.05) is 31.1 Å². The molecule has 2 aromatic rings. The Balaban J connectivity index is 1.90. The molecule has 10 heteroatoms. The zero-order valence-corrected chi connectivity index (χ0v) is 14.5. The zero-order valence-electron chi connectivity index (χ0n) is 12.2. The van der Waals surface area contributed by atoms with E-state index >= 15 is 0 Å². The van der Waals surface area contributed by atoms with Crippen LogP contribution in [-0.2, 0) is 0 Å². The summed E-state index contributed by atoms with van der Waals surface area (Å²) < 4.78 is 20.4. The summed E-state index contributed by atoms with van der Waals surface area (Å²) in [6.07, 6.45) is 0.313. The van der Waals surface area contributed by atoms with Crippen LogP contribution < -0.4 is 9.64 Å². The molecule has 4 rings (SSSR count). The van der Waals surface area contributed by atoms with E-state index < -0.39 is 11.9 Å². The zero-order chi connectivity index (χ0) is 17.0. The predicted octanol–water partition coefficient (Wildman–Crippen LogP) is 2.75. The number of anilines is 1. The van der Waals surface area contributed by atoms with Crippen molar-refractivity contribution in [3.8, 4) is 5.75 Å². The number of benzene rings is 1. The molecule has 1 saturated heterocycles. The molecule has 1 N–H and O–H groups in total. The van der Waals surface area contributed by atoms with Gasteiger partial charge in [0.2, 0.25) is 0 Å². The molecule has 0 unspecified atom stereocenters. The second-order valence-corrected chi connectivity index (χ2v) is 6.75. The van der Waals surface area contributed by atoms with Crippen molar-refractivity contribution in [2.24, 2.45) is 0 Å². The Kier molecular flexibility index (Phi) is 3.65. The van der Waals surface area contributed by atoms with Gasteiger partial charge in [-0.25, -0.2) is 19.2 Å². The third-order valence-electron chi connectivity index (χ3n) is 4.29. The van der Waals surface area contributed by atoms with Gasteiger partial charge in [0.1, 0.15) is 29.3 Å². The van der Waals surface area contributed by atoms with Gasteiger partial charge in [-0.1, -0.05) is 11.6 Å². The van der Waals surface area contributed by atoms with Crippen LogP contribution in [0.3, 0.4) is 0 Å². The molecule has 0 saturated carbocycles. The minimum absolute atomic E-state index is 0.0864.